The minimum atomic E-state index is 0.420. The highest BCUT2D eigenvalue weighted by molar-refractivity contribution is 4.92. The van der Waals surface area contributed by atoms with Crippen molar-refractivity contribution in [3.05, 3.63) is 0 Å². The lowest BCUT2D eigenvalue weighted by Crippen LogP contribution is -2.41. The lowest BCUT2D eigenvalue weighted by atomic mass is 9.88. The van der Waals surface area contributed by atoms with E-state index in [1.54, 1.807) is 0 Å². The average molecular weight is 186 g/mol. The molecule has 1 heterocycles. The fourth-order valence-electron chi connectivity index (χ4n) is 2.18. The van der Waals surface area contributed by atoms with Gasteiger partial charge in [-0.05, 0) is 38.8 Å². The van der Waals surface area contributed by atoms with E-state index in [0.29, 0.717) is 5.54 Å². The second-order valence-corrected chi connectivity index (χ2v) is 3.60. The number of hydrogen-bond acceptors (Lipinski definition) is 2. The van der Waals surface area contributed by atoms with Crippen molar-refractivity contribution in [1.82, 2.24) is 5.32 Å². The Morgan fingerprint density at radius 2 is 2.00 bits per heavy atom. The Balaban J connectivity index is 0.000000671. The van der Waals surface area contributed by atoms with Gasteiger partial charge in [0.2, 0.25) is 0 Å². The maximum absolute atomic E-state index is 5.58. The van der Waals surface area contributed by atoms with Gasteiger partial charge >= 0.3 is 0 Å². The molecule has 1 aliphatic heterocycles. The highest BCUT2D eigenvalue weighted by atomic mass is 15.0. The van der Waals surface area contributed by atoms with Crippen LogP contribution < -0.4 is 11.1 Å². The quantitative estimate of drug-likeness (QED) is 0.707. The Bertz CT molecular complexity index is 98.7. The molecule has 1 saturated heterocycles. The normalized spacial score (nSPS) is 26.8. The van der Waals surface area contributed by atoms with Crippen molar-refractivity contribution < 1.29 is 0 Å². The maximum Gasteiger partial charge on any atom is 0.0193 e. The molecule has 0 amide bonds. The Morgan fingerprint density at radius 3 is 2.38 bits per heavy atom. The van der Waals surface area contributed by atoms with Crippen molar-refractivity contribution in [2.45, 2.75) is 58.4 Å². The van der Waals surface area contributed by atoms with Crippen molar-refractivity contribution in [3.63, 3.8) is 0 Å². The first kappa shape index (κ1) is 12.9. The Morgan fingerprint density at radius 1 is 1.31 bits per heavy atom. The van der Waals surface area contributed by atoms with E-state index < -0.39 is 0 Å². The summed E-state index contributed by atoms with van der Waals surface area (Å²) in [6, 6.07) is 0. The zero-order valence-corrected chi connectivity index (χ0v) is 9.53. The van der Waals surface area contributed by atoms with Crippen LogP contribution in [0.1, 0.15) is 52.9 Å². The van der Waals surface area contributed by atoms with Crippen molar-refractivity contribution in [3.8, 4) is 0 Å². The van der Waals surface area contributed by atoms with Gasteiger partial charge in [-0.3, -0.25) is 0 Å². The van der Waals surface area contributed by atoms with Crippen LogP contribution in [0.15, 0.2) is 0 Å². The summed E-state index contributed by atoms with van der Waals surface area (Å²) in [4.78, 5) is 0. The van der Waals surface area contributed by atoms with Crippen molar-refractivity contribution >= 4 is 0 Å². The highest BCUT2D eigenvalue weighted by Crippen LogP contribution is 2.27. The van der Waals surface area contributed by atoms with E-state index in [0.717, 1.165) is 13.0 Å². The van der Waals surface area contributed by atoms with Crippen molar-refractivity contribution in [2.24, 2.45) is 5.73 Å². The molecule has 2 heteroatoms. The molecule has 1 aliphatic rings. The molecule has 0 aromatic heterocycles. The van der Waals surface area contributed by atoms with E-state index >= 15 is 0 Å². The molecule has 1 atom stereocenters. The fourth-order valence-corrected chi connectivity index (χ4v) is 2.18. The van der Waals surface area contributed by atoms with Crippen LogP contribution >= 0.6 is 0 Å². The van der Waals surface area contributed by atoms with Crippen LogP contribution in [0.4, 0.5) is 0 Å². The molecule has 80 valence electrons. The van der Waals surface area contributed by atoms with E-state index in [4.69, 9.17) is 5.73 Å². The molecule has 0 saturated carbocycles. The second kappa shape index (κ2) is 7.34. The van der Waals surface area contributed by atoms with Crippen LogP contribution in [0.3, 0.4) is 0 Å². The predicted octanol–water partition coefficient (Wildman–Crippen LogP) is 2.28. The Hall–Kier alpha value is -0.0800. The van der Waals surface area contributed by atoms with E-state index in [1.807, 2.05) is 13.8 Å². The molecule has 0 radical (unpaired) electrons. The number of nitrogens with two attached hydrogens (primary N) is 1. The monoisotopic (exact) mass is 186 g/mol. The lowest BCUT2D eigenvalue weighted by molar-refractivity contribution is 0.325. The van der Waals surface area contributed by atoms with Crippen molar-refractivity contribution in [2.75, 3.05) is 13.1 Å². The highest BCUT2D eigenvalue weighted by Gasteiger charge is 2.30. The van der Waals surface area contributed by atoms with Crippen LogP contribution in [0, 0.1) is 0 Å². The maximum atomic E-state index is 5.58. The lowest BCUT2D eigenvalue weighted by Gasteiger charge is -2.28. The fraction of sp³-hybridized carbons (Fsp3) is 1.00. The summed E-state index contributed by atoms with van der Waals surface area (Å²) in [5.41, 5.74) is 6.00. The molecule has 13 heavy (non-hydrogen) atoms. The third kappa shape index (κ3) is 4.10. The van der Waals surface area contributed by atoms with Gasteiger partial charge in [-0.1, -0.05) is 27.2 Å². The first-order chi connectivity index (χ1) is 6.33. The zero-order valence-electron chi connectivity index (χ0n) is 9.53. The van der Waals surface area contributed by atoms with Crippen LogP contribution in [0.5, 0.6) is 0 Å². The van der Waals surface area contributed by atoms with Gasteiger partial charge in [0, 0.05) is 5.54 Å². The van der Waals surface area contributed by atoms with Gasteiger partial charge in [0.15, 0.2) is 0 Å². The minimum Gasteiger partial charge on any atom is -0.330 e. The largest absolute Gasteiger partial charge is 0.330 e. The SMILES string of the molecule is CC.CCCC1(CCN)CCCN1. The molecule has 0 bridgehead atoms. The van der Waals surface area contributed by atoms with Crippen LogP contribution in [-0.2, 0) is 0 Å². The van der Waals surface area contributed by atoms with Crippen LogP contribution in [-0.4, -0.2) is 18.6 Å². The molecule has 0 aromatic carbocycles. The standard InChI is InChI=1S/C9H20N2.C2H6/c1-2-4-9(6-7-10)5-3-8-11-9;1-2/h11H,2-8,10H2,1H3;1-2H3. The topological polar surface area (TPSA) is 38.0 Å². The van der Waals surface area contributed by atoms with Gasteiger partial charge in [-0.15, -0.1) is 0 Å². The molecule has 1 fully saturated rings. The van der Waals surface area contributed by atoms with E-state index in [9.17, 15) is 0 Å². The predicted molar refractivity (Wildman–Crippen MR) is 59.9 cm³/mol. The van der Waals surface area contributed by atoms with E-state index in [2.05, 4.69) is 12.2 Å². The van der Waals surface area contributed by atoms with Crippen LogP contribution in [0.2, 0.25) is 0 Å². The summed E-state index contributed by atoms with van der Waals surface area (Å²) >= 11 is 0. The summed E-state index contributed by atoms with van der Waals surface area (Å²) < 4.78 is 0. The number of hydrogen-bond donors (Lipinski definition) is 2. The molecule has 2 nitrogen and oxygen atoms in total. The Kier molecular flexibility index (Phi) is 7.29. The molecular formula is C11H26N2. The van der Waals surface area contributed by atoms with Crippen LogP contribution in [0.25, 0.3) is 0 Å². The molecule has 3 N–H and O–H groups in total. The molecule has 1 unspecified atom stereocenters. The van der Waals surface area contributed by atoms with Gasteiger partial charge in [-0.2, -0.15) is 0 Å². The minimum absolute atomic E-state index is 0.420. The smallest absolute Gasteiger partial charge is 0.0193 e. The second-order valence-electron chi connectivity index (χ2n) is 3.60. The van der Waals surface area contributed by atoms with E-state index in [-0.39, 0.29) is 0 Å². The van der Waals surface area contributed by atoms with Gasteiger partial charge < -0.3 is 11.1 Å². The molecule has 1 rings (SSSR count). The zero-order chi connectivity index (χ0) is 10.2. The third-order valence-corrected chi connectivity index (χ3v) is 2.68. The Labute approximate surface area is 83.3 Å². The molecular weight excluding hydrogens is 160 g/mol. The first-order valence-corrected chi connectivity index (χ1v) is 5.78. The summed E-state index contributed by atoms with van der Waals surface area (Å²) in [5, 5.41) is 3.59. The molecule has 0 spiro atoms. The van der Waals surface area contributed by atoms with Gasteiger partial charge in [0.1, 0.15) is 0 Å². The average Bonchev–Trinajstić information content (AvgIpc) is 2.58. The summed E-state index contributed by atoms with van der Waals surface area (Å²) in [5.74, 6) is 0. The first-order valence-electron chi connectivity index (χ1n) is 5.78. The molecule has 0 aliphatic carbocycles. The summed E-state index contributed by atoms with van der Waals surface area (Å²) in [6.07, 6.45) is 6.38. The van der Waals surface area contributed by atoms with Gasteiger partial charge in [-0.25, -0.2) is 0 Å². The molecule has 0 aromatic rings. The summed E-state index contributed by atoms with van der Waals surface area (Å²) in [7, 11) is 0. The van der Waals surface area contributed by atoms with Gasteiger partial charge in [0.25, 0.3) is 0 Å². The third-order valence-electron chi connectivity index (χ3n) is 2.68. The number of rotatable bonds is 4. The van der Waals surface area contributed by atoms with E-state index in [1.165, 1.54) is 32.2 Å². The number of nitrogens with one attached hydrogen (secondary N) is 1. The summed E-state index contributed by atoms with van der Waals surface area (Å²) in [6.45, 7) is 8.27. The van der Waals surface area contributed by atoms with Gasteiger partial charge in [0.05, 0.1) is 0 Å². The van der Waals surface area contributed by atoms with Crippen molar-refractivity contribution in [1.29, 1.82) is 0 Å².